The maximum atomic E-state index is 13.2. The summed E-state index contributed by atoms with van der Waals surface area (Å²) in [6, 6.07) is 15.8. The third-order valence-electron chi connectivity index (χ3n) is 5.33. The molecule has 0 saturated heterocycles. The number of ether oxygens (including phenoxy) is 1. The summed E-state index contributed by atoms with van der Waals surface area (Å²) in [5, 5.41) is 0.444. The summed E-state index contributed by atoms with van der Waals surface area (Å²) in [5.41, 5.74) is 1.08. The smallest absolute Gasteiger partial charge is 0.355 e. The lowest BCUT2D eigenvalue weighted by Crippen LogP contribution is -2.36. The SMILES string of the molecule is Cc1ccc(S(=O)(=O)NC(C(=O)Oc2cc3oc(=O)c(Cl)c(C)c3cc2Cl)c2ccccc2)cc1. The fourth-order valence-corrected chi connectivity index (χ4v) is 4.93. The molecule has 4 rings (SSSR count). The van der Waals surface area contributed by atoms with Crippen LogP contribution in [0.3, 0.4) is 0 Å². The summed E-state index contributed by atoms with van der Waals surface area (Å²) >= 11 is 12.3. The van der Waals surface area contributed by atoms with Crippen molar-refractivity contribution < 1.29 is 22.4 Å². The first-order valence-corrected chi connectivity index (χ1v) is 12.6. The molecule has 3 aromatic carbocycles. The fourth-order valence-electron chi connectivity index (χ4n) is 3.41. The Labute approximate surface area is 211 Å². The molecule has 0 radical (unpaired) electrons. The highest BCUT2D eigenvalue weighted by molar-refractivity contribution is 7.89. The van der Waals surface area contributed by atoms with Crippen LogP contribution < -0.4 is 15.1 Å². The maximum Gasteiger partial charge on any atom is 0.355 e. The molecule has 180 valence electrons. The highest BCUT2D eigenvalue weighted by atomic mass is 35.5. The molecule has 0 amide bonds. The number of carbonyl (C=O) groups excluding carboxylic acids is 1. The number of benzene rings is 3. The minimum Gasteiger partial charge on any atom is -0.423 e. The van der Waals surface area contributed by atoms with Crippen molar-refractivity contribution in [3.63, 3.8) is 0 Å². The number of carbonyl (C=O) groups is 1. The second kappa shape index (κ2) is 9.83. The molecule has 10 heteroatoms. The summed E-state index contributed by atoms with van der Waals surface area (Å²) in [4.78, 5) is 25.2. The van der Waals surface area contributed by atoms with Crippen molar-refractivity contribution in [1.82, 2.24) is 4.72 Å². The van der Waals surface area contributed by atoms with Gasteiger partial charge in [0.15, 0.2) is 5.75 Å². The van der Waals surface area contributed by atoms with Crippen molar-refractivity contribution in [2.75, 3.05) is 0 Å². The van der Waals surface area contributed by atoms with E-state index >= 15 is 0 Å². The molecule has 1 unspecified atom stereocenters. The largest absolute Gasteiger partial charge is 0.423 e. The van der Waals surface area contributed by atoms with Gasteiger partial charge in [0.25, 0.3) is 0 Å². The zero-order valence-electron chi connectivity index (χ0n) is 18.5. The first-order valence-electron chi connectivity index (χ1n) is 10.3. The molecule has 7 nitrogen and oxygen atoms in total. The van der Waals surface area contributed by atoms with E-state index in [1.165, 1.54) is 24.3 Å². The number of sulfonamides is 1. The Morgan fingerprint density at radius 1 is 1.00 bits per heavy atom. The van der Waals surface area contributed by atoms with Crippen LogP contribution in [0.4, 0.5) is 0 Å². The number of rotatable bonds is 6. The van der Waals surface area contributed by atoms with E-state index < -0.39 is 27.7 Å². The van der Waals surface area contributed by atoms with E-state index in [2.05, 4.69) is 4.72 Å². The number of hydrogen-bond donors (Lipinski definition) is 1. The maximum absolute atomic E-state index is 13.2. The Morgan fingerprint density at radius 3 is 2.31 bits per heavy atom. The van der Waals surface area contributed by atoms with Crippen LogP contribution in [0.1, 0.15) is 22.7 Å². The van der Waals surface area contributed by atoms with Gasteiger partial charge in [0.1, 0.15) is 16.6 Å². The van der Waals surface area contributed by atoms with Gasteiger partial charge in [-0.1, -0.05) is 71.2 Å². The van der Waals surface area contributed by atoms with Crippen LogP contribution in [-0.2, 0) is 14.8 Å². The summed E-state index contributed by atoms with van der Waals surface area (Å²) in [5.74, 6) is -1.04. The lowest BCUT2D eigenvalue weighted by Gasteiger charge is -2.19. The van der Waals surface area contributed by atoms with E-state index in [0.29, 0.717) is 16.5 Å². The predicted octanol–water partition coefficient (Wildman–Crippen LogP) is 5.34. The van der Waals surface area contributed by atoms with Crippen molar-refractivity contribution in [3.05, 3.63) is 104 Å². The fraction of sp³-hybridized carbons (Fsp3) is 0.120. The molecule has 1 heterocycles. The number of aryl methyl sites for hydroxylation is 2. The van der Waals surface area contributed by atoms with Crippen LogP contribution >= 0.6 is 23.2 Å². The number of nitrogens with one attached hydrogen (secondary N) is 1. The van der Waals surface area contributed by atoms with Crippen LogP contribution in [0.5, 0.6) is 5.75 Å². The van der Waals surface area contributed by atoms with Gasteiger partial charge in [-0.2, -0.15) is 4.72 Å². The predicted molar refractivity (Wildman–Crippen MR) is 134 cm³/mol. The summed E-state index contributed by atoms with van der Waals surface area (Å²) in [7, 11) is -4.08. The molecular weight excluding hydrogens is 513 g/mol. The number of halogens is 2. The van der Waals surface area contributed by atoms with E-state index in [-0.39, 0.29) is 26.3 Å². The Bertz CT molecular complexity index is 1580. The molecule has 1 aromatic heterocycles. The van der Waals surface area contributed by atoms with Crippen molar-refractivity contribution in [3.8, 4) is 5.75 Å². The van der Waals surface area contributed by atoms with E-state index in [0.717, 1.165) is 5.56 Å². The van der Waals surface area contributed by atoms with Gasteiger partial charge in [-0.25, -0.2) is 18.0 Å². The molecule has 0 saturated carbocycles. The van der Waals surface area contributed by atoms with E-state index in [9.17, 15) is 18.0 Å². The van der Waals surface area contributed by atoms with Crippen LogP contribution in [0, 0.1) is 13.8 Å². The van der Waals surface area contributed by atoms with Gasteiger partial charge < -0.3 is 9.15 Å². The highest BCUT2D eigenvalue weighted by Gasteiger charge is 2.29. The standard InChI is InChI=1S/C25H19Cl2NO6S/c1-14-8-10-17(11-9-14)35(31,32)28-23(16-6-4-3-5-7-16)25(30)34-21-13-20-18(12-19(21)26)15(2)22(27)24(29)33-20/h3-13,23,28H,1-2H3. The molecule has 1 N–H and O–H groups in total. The topological polar surface area (TPSA) is 103 Å². The summed E-state index contributed by atoms with van der Waals surface area (Å²) in [6.45, 7) is 3.47. The average Bonchev–Trinajstić information content (AvgIpc) is 2.83. The highest BCUT2D eigenvalue weighted by Crippen LogP contribution is 2.33. The first kappa shape index (κ1) is 24.9. The van der Waals surface area contributed by atoms with Gasteiger partial charge in [0, 0.05) is 11.5 Å². The normalized spacial score (nSPS) is 12.5. The Kier molecular flexibility index (Phi) is 7.00. The summed E-state index contributed by atoms with van der Waals surface area (Å²) < 4.78 is 39.1. The van der Waals surface area contributed by atoms with Crippen molar-refractivity contribution in [2.24, 2.45) is 0 Å². The molecule has 1 atom stereocenters. The monoisotopic (exact) mass is 531 g/mol. The Balaban J connectivity index is 1.71. The van der Waals surface area contributed by atoms with E-state index in [1.54, 1.807) is 49.4 Å². The number of esters is 1. The van der Waals surface area contributed by atoms with Gasteiger partial charge in [0.2, 0.25) is 10.0 Å². The van der Waals surface area contributed by atoms with E-state index in [4.69, 9.17) is 32.4 Å². The molecule has 0 aliphatic carbocycles. The van der Waals surface area contributed by atoms with Crippen LogP contribution in [0.25, 0.3) is 11.0 Å². The van der Waals surface area contributed by atoms with Crippen LogP contribution in [0.2, 0.25) is 10.0 Å². The van der Waals surface area contributed by atoms with Gasteiger partial charge in [-0.15, -0.1) is 0 Å². The molecular formula is C25H19Cl2NO6S. The Hall–Kier alpha value is -3.17. The lowest BCUT2D eigenvalue weighted by atomic mass is 10.1. The third kappa shape index (κ3) is 5.26. The van der Waals surface area contributed by atoms with Crippen molar-refractivity contribution in [2.45, 2.75) is 24.8 Å². The molecule has 0 fully saturated rings. The van der Waals surface area contributed by atoms with Crippen LogP contribution in [-0.4, -0.2) is 14.4 Å². The zero-order chi connectivity index (χ0) is 25.3. The average molecular weight is 532 g/mol. The van der Waals surface area contributed by atoms with Gasteiger partial charge >= 0.3 is 11.6 Å². The minimum atomic E-state index is -4.08. The van der Waals surface area contributed by atoms with Gasteiger partial charge in [-0.05, 0) is 43.2 Å². The number of fused-ring (bicyclic) bond motifs is 1. The zero-order valence-corrected chi connectivity index (χ0v) is 20.9. The molecule has 0 aliphatic rings. The molecule has 0 bridgehead atoms. The van der Waals surface area contributed by atoms with E-state index in [1.807, 2.05) is 6.92 Å². The second-order valence-corrected chi connectivity index (χ2v) is 10.3. The van der Waals surface area contributed by atoms with Gasteiger partial charge in [-0.3, -0.25) is 0 Å². The first-order chi connectivity index (χ1) is 16.6. The molecule has 35 heavy (non-hydrogen) atoms. The Morgan fingerprint density at radius 2 is 1.66 bits per heavy atom. The molecule has 4 aromatic rings. The molecule has 0 spiro atoms. The van der Waals surface area contributed by atoms with Crippen LogP contribution in [0.15, 0.2) is 80.8 Å². The minimum absolute atomic E-state index is 0.00491. The lowest BCUT2D eigenvalue weighted by molar-refractivity contribution is -0.136. The molecule has 0 aliphatic heterocycles. The summed E-state index contributed by atoms with van der Waals surface area (Å²) in [6.07, 6.45) is 0. The van der Waals surface area contributed by atoms with Gasteiger partial charge in [0.05, 0.1) is 9.92 Å². The number of hydrogen-bond acceptors (Lipinski definition) is 6. The quantitative estimate of drug-likeness (QED) is 0.204. The van der Waals surface area contributed by atoms with Crippen molar-refractivity contribution in [1.29, 1.82) is 0 Å². The third-order valence-corrected chi connectivity index (χ3v) is 7.50. The van der Waals surface area contributed by atoms with Crippen molar-refractivity contribution >= 4 is 50.2 Å². The second-order valence-electron chi connectivity index (χ2n) is 7.81.